The van der Waals surface area contributed by atoms with Crippen LogP contribution in [0.3, 0.4) is 0 Å². The van der Waals surface area contributed by atoms with E-state index in [0.29, 0.717) is 13.2 Å². The van der Waals surface area contributed by atoms with E-state index in [-0.39, 0.29) is 25.0 Å². The molecule has 0 radical (unpaired) electrons. The van der Waals surface area contributed by atoms with Gasteiger partial charge in [-0.2, -0.15) is 0 Å². The van der Waals surface area contributed by atoms with Crippen molar-refractivity contribution in [2.45, 2.75) is 26.0 Å². The Labute approximate surface area is 101 Å². The normalized spacial score (nSPS) is 21.5. The van der Waals surface area contributed by atoms with Crippen molar-refractivity contribution in [1.82, 2.24) is 9.80 Å². The summed E-state index contributed by atoms with van der Waals surface area (Å²) in [6, 6.07) is 0.152. The Morgan fingerprint density at radius 2 is 2.18 bits per heavy atom. The standard InChI is InChI=1S/C11H20N2O4/c1-8(2)12(3)10(14)7-13-4-5-17-9(6-13)11(15)16/h8-9H,4-7H2,1-3H3,(H,15,16). The van der Waals surface area contributed by atoms with Crippen molar-refractivity contribution >= 4 is 11.9 Å². The van der Waals surface area contributed by atoms with Gasteiger partial charge in [-0.25, -0.2) is 4.79 Å². The van der Waals surface area contributed by atoms with Crippen LogP contribution < -0.4 is 0 Å². The minimum atomic E-state index is -0.973. The van der Waals surface area contributed by atoms with Crippen molar-refractivity contribution in [1.29, 1.82) is 0 Å². The lowest BCUT2D eigenvalue weighted by molar-refractivity contribution is -0.157. The van der Waals surface area contributed by atoms with Crippen molar-refractivity contribution in [3.63, 3.8) is 0 Å². The van der Waals surface area contributed by atoms with Gasteiger partial charge in [0.15, 0.2) is 6.10 Å². The average Bonchev–Trinajstić information content (AvgIpc) is 2.28. The van der Waals surface area contributed by atoms with Crippen LogP contribution in [0.1, 0.15) is 13.8 Å². The zero-order chi connectivity index (χ0) is 13.0. The second-order valence-corrected chi connectivity index (χ2v) is 4.53. The van der Waals surface area contributed by atoms with Crippen LogP contribution >= 0.6 is 0 Å². The molecule has 17 heavy (non-hydrogen) atoms. The highest BCUT2D eigenvalue weighted by molar-refractivity contribution is 5.78. The number of nitrogens with zero attached hydrogens (tertiary/aromatic N) is 2. The van der Waals surface area contributed by atoms with Crippen LogP contribution in [0.4, 0.5) is 0 Å². The number of hydrogen-bond acceptors (Lipinski definition) is 4. The third-order valence-electron chi connectivity index (χ3n) is 2.95. The van der Waals surface area contributed by atoms with Crippen molar-refractivity contribution < 1.29 is 19.4 Å². The van der Waals surface area contributed by atoms with Crippen LogP contribution in [0.25, 0.3) is 0 Å². The largest absolute Gasteiger partial charge is 0.479 e. The van der Waals surface area contributed by atoms with Gasteiger partial charge >= 0.3 is 5.97 Å². The Morgan fingerprint density at radius 1 is 1.53 bits per heavy atom. The number of aliphatic carboxylic acids is 1. The molecule has 1 heterocycles. The number of hydrogen-bond donors (Lipinski definition) is 1. The van der Waals surface area contributed by atoms with E-state index in [1.54, 1.807) is 11.9 Å². The SMILES string of the molecule is CC(C)N(C)C(=O)CN1CCOC(C(=O)O)C1. The predicted octanol–water partition coefficient (Wildman–Crippen LogP) is -0.361. The summed E-state index contributed by atoms with van der Waals surface area (Å²) in [6.07, 6.45) is -0.819. The molecule has 1 fully saturated rings. The Bertz CT molecular complexity index is 293. The summed E-state index contributed by atoms with van der Waals surface area (Å²) >= 11 is 0. The minimum Gasteiger partial charge on any atom is -0.479 e. The molecule has 0 aliphatic carbocycles. The van der Waals surface area contributed by atoms with Gasteiger partial charge in [0.05, 0.1) is 13.2 Å². The Kier molecular flexibility index (Phi) is 4.89. The van der Waals surface area contributed by atoms with Crippen LogP contribution in [-0.2, 0) is 14.3 Å². The van der Waals surface area contributed by atoms with E-state index in [0.717, 1.165) is 0 Å². The molecule has 1 unspecified atom stereocenters. The van der Waals surface area contributed by atoms with E-state index in [1.165, 1.54) is 0 Å². The molecular formula is C11H20N2O4. The first-order valence-corrected chi connectivity index (χ1v) is 5.74. The molecule has 0 aromatic heterocycles. The number of carbonyl (C=O) groups excluding carboxylic acids is 1. The number of amides is 1. The monoisotopic (exact) mass is 244 g/mol. The van der Waals surface area contributed by atoms with E-state index >= 15 is 0 Å². The first-order chi connectivity index (χ1) is 7.91. The Morgan fingerprint density at radius 3 is 2.71 bits per heavy atom. The highest BCUT2D eigenvalue weighted by Gasteiger charge is 2.28. The Hall–Kier alpha value is -1.14. The summed E-state index contributed by atoms with van der Waals surface area (Å²) in [4.78, 5) is 26.1. The molecule has 0 bridgehead atoms. The van der Waals surface area contributed by atoms with E-state index in [4.69, 9.17) is 9.84 Å². The summed E-state index contributed by atoms with van der Waals surface area (Å²) in [5.41, 5.74) is 0. The van der Waals surface area contributed by atoms with Crippen molar-refractivity contribution in [3.05, 3.63) is 0 Å². The smallest absolute Gasteiger partial charge is 0.334 e. The second-order valence-electron chi connectivity index (χ2n) is 4.53. The lowest BCUT2D eigenvalue weighted by Gasteiger charge is -2.32. The predicted molar refractivity (Wildman–Crippen MR) is 61.7 cm³/mol. The molecule has 98 valence electrons. The molecule has 1 rings (SSSR count). The molecule has 0 spiro atoms. The molecule has 1 N–H and O–H groups in total. The third kappa shape index (κ3) is 3.98. The first-order valence-electron chi connectivity index (χ1n) is 5.74. The fourth-order valence-corrected chi connectivity index (χ4v) is 1.59. The number of carboxylic acids is 1. The highest BCUT2D eigenvalue weighted by atomic mass is 16.5. The number of carbonyl (C=O) groups is 2. The number of morpholine rings is 1. The van der Waals surface area contributed by atoms with Gasteiger partial charge in [-0.1, -0.05) is 0 Å². The highest BCUT2D eigenvalue weighted by Crippen LogP contribution is 2.06. The number of ether oxygens (including phenoxy) is 1. The van der Waals surface area contributed by atoms with Crippen LogP contribution in [0.15, 0.2) is 0 Å². The van der Waals surface area contributed by atoms with Gasteiger partial charge < -0.3 is 14.7 Å². The summed E-state index contributed by atoms with van der Waals surface area (Å²) in [5, 5.41) is 8.84. The minimum absolute atomic E-state index is 0.00559. The van der Waals surface area contributed by atoms with Crippen LogP contribution in [-0.4, -0.2) is 72.2 Å². The lowest BCUT2D eigenvalue weighted by atomic mass is 10.2. The molecule has 0 aromatic rings. The summed E-state index contributed by atoms with van der Waals surface area (Å²) < 4.78 is 5.09. The molecule has 1 aliphatic rings. The van der Waals surface area contributed by atoms with Gasteiger partial charge in [0.2, 0.25) is 5.91 Å². The third-order valence-corrected chi connectivity index (χ3v) is 2.95. The second kappa shape index (κ2) is 5.97. The fraction of sp³-hybridized carbons (Fsp3) is 0.818. The number of likely N-dealkylation sites (N-methyl/N-ethyl adjacent to an activating group) is 1. The molecule has 0 aromatic carbocycles. The molecule has 1 amide bonds. The van der Waals surface area contributed by atoms with Gasteiger partial charge in [0.25, 0.3) is 0 Å². The van der Waals surface area contributed by atoms with E-state index < -0.39 is 12.1 Å². The number of rotatable bonds is 4. The topological polar surface area (TPSA) is 70.1 Å². The summed E-state index contributed by atoms with van der Waals surface area (Å²) in [6.45, 7) is 5.36. The van der Waals surface area contributed by atoms with Crippen LogP contribution in [0.2, 0.25) is 0 Å². The van der Waals surface area contributed by atoms with Gasteiger partial charge in [0, 0.05) is 26.2 Å². The van der Waals surface area contributed by atoms with Crippen LogP contribution in [0.5, 0.6) is 0 Å². The van der Waals surface area contributed by atoms with Crippen LogP contribution in [0, 0.1) is 0 Å². The molecule has 0 saturated carbocycles. The average molecular weight is 244 g/mol. The van der Waals surface area contributed by atoms with Crippen molar-refractivity contribution in [3.8, 4) is 0 Å². The molecule has 6 nitrogen and oxygen atoms in total. The van der Waals surface area contributed by atoms with E-state index in [1.807, 2.05) is 18.7 Å². The van der Waals surface area contributed by atoms with Gasteiger partial charge in [-0.3, -0.25) is 9.69 Å². The fourth-order valence-electron chi connectivity index (χ4n) is 1.59. The van der Waals surface area contributed by atoms with Crippen molar-refractivity contribution in [2.75, 3.05) is 33.3 Å². The molecule has 1 saturated heterocycles. The molecular weight excluding hydrogens is 224 g/mol. The quantitative estimate of drug-likeness (QED) is 0.731. The molecule has 1 aliphatic heterocycles. The summed E-state index contributed by atoms with van der Waals surface area (Å²) in [7, 11) is 1.75. The molecule has 1 atom stereocenters. The van der Waals surface area contributed by atoms with E-state index in [9.17, 15) is 9.59 Å². The van der Waals surface area contributed by atoms with Gasteiger partial charge in [-0.05, 0) is 13.8 Å². The van der Waals surface area contributed by atoms with Gasteiger partial charge in [0.1, 0.15) is 0 Å². The number of carboxylic acid groups (broad SMARTS) is 1. The maximum Gasteiger partial charge on any atom is 0.334 e. The lowest BCUT2D eigenvalue weighted by Crippen LogP contribution is -2.50. The Balaban J connectivity index is 2.46. The first kappa shape index (κ1) is 13.9. The zero-order valence-electron chi connectivity index (χ0n) is 10.5. The molecule has 6 heteroatoms. The maximum absolute atomic E-state index is 11.8. The zero-order valence-corrected chi connectivity index (χ0v) is 10.5. The summed E-state index contributed by atoms with van der Waals surface area (Å²) in [5.74, 6) is -0.967. The van der Waals surface area contributed by atoms with Gasteiger partial charge in [-0.15, -0.1) is 0 Å². The maximum atomic E-state index is 11.8. The van der Waals surface area contributed by atoms with E-state index in [2.05, 4.69) is 0 Å². The van der Waals surface area contributed by atoms with Crippen molar-refractivity contribution in [2.24, 2.45) is 0 Å².